The van der Waals surface area contributed by atoms with E-state index in [2.05, 4.69) is 5.32 Å². The van der Waals surface area contributed by atoms with Crippen molar-refractivity contribution in [3.8, 4) is 0 Å². The van der Waals surface area contributed by atoms with Gasteiger partial charge in [-0.15, -0.1) is 0 Å². The van der Waals surface area contributed by atoms with Crippen LogP contribution in [0.2, 0.25) is 0 Å². The number of carbonyl (C=O) groups is 1. The number of rotatable bonds is 4. The molecule has 1 unspecified atom stereocenters. The molecule has 0 aromatic heterocycles. The number of aryl methyl sites for hydroxylation is 1. The summed E-state index contributed by atoms with van der Waals surface area (Å²) in [6.07, 6.45) is -0.0123. The van der Waals surface area contributed by atoms with Crippen LogP contribution >= 0.6 is 0 Å². The van der Waals surface area contributed by atoms with E-state index in [-0.39, 0.29) is 18.3 Å². The van der Waals surface area contributed by atoms with Crippen molar-refractivity contribution in [3.63, 3.8) is 0 Å². The van der Waals surface area contributed by atoms with E-state index in [1.165, 1.54) is 6.07 Å². The van der Waals surface area contributed by atoms with Crippen LogP contribution in [-0.4, -0.2) is 18.1 Å². The van der Waals surface area contributed by atoms with E-state index in [0.717, 1.165) is 5.56 Å². The third-order valence-electron chi connectivity index (χ3n) is 2.31. The zero-order chi connectivity index (χ0) is 11.4. The maximum Gasteiger partial charge on any atom is 0.305 e. The lowest BCUT2D eigenvalue weighted by molar-refractivity contribution is -0.137. The number of nitrogens with one attached hydrogen (secondary N) is 1. The average Bonchev–Trinajstić information content (AvgIpc) is 2.18. The van der Waals surface area contributed by atoms with Crippen LogP contribution in [0.4, 0.5) is 4.39 Å². The quantitative estimate of drug-likeness (QED) is 0.799. The molecule has 0 spiro atoms. The first-order valence-corrected chi connectivity index (χ1v) is 4.69. The van der Waals surface area contributed by atoms with Crippen molar-refractivity contribution < 1.29 is 14.3 Å². The molecule has 1 aromatic carbocycles. The molecule has 2 N–H and O–H groups in total. The van der Waals surface area contributed by atoms with Gasteiger partial charge in [-0.2, -0.15) is 0 Å². The number of carboxylic acid groups (broad SMARTS) is 1. The molecule has 0 aliphatic heterocycles. The molecule has 82 valence electrons. The molecule has 1 aromatic rings. The summed E-state index contributed by atoms with van der Waals surface area (Å²) < 4.78 is 13.0. The van der Waals surface area contributed by atoms with Gasteiger partial charge in [0.1, 0.15) is 5.82 Å². The third kappa shape index (κ3) is 3.02. The summed E-state index contributed by atoms with van der Waals surface area (Å²) in [6, 6.07) is 4.35. The SMILES string of the molecule is CNC(CC(=O)O)c1ccc(F)c(C)c1. The minimum absolute atomic E-state index is 0.0123. The van der Waals surface area contributed by atoms with Crippen molar-refractivity contribution >= 4 is 5.97 Å². The second-order valence-corrected chi connectivity index (χ2v) is 3.45. The summed E-state index contributed by atoms with van der Waals surface area (Å²) in [5.74, 6) is -1.15. The Morgan fingerprint density at radius 3 is 2.73 bits per heavy atom. The summed E-state index contributed by atoms with van der Waals surface area (Å²) in [5, 5.41) is 11.6. The molecule has 3 nitrogen and oxygen atoms in total. The number of carboxylic acids is 1. The second-order valence-electron chi connectivity index (χ2n) is 3.45. The van der Waals surface area contributed by atoms with E-state index in [4.69, 9.17) is 5.11 Å². The monoisotopic (exact) mass is 211 g/mol. The molecule has 0 bridgehead atoms. The molecule has 0 amide bonds. The Balaban J connectivity index is 2.92. The van der Waals surface area contributed by atoms with Crippen molar-refractivity contribution in [1.82, 2.24) is 5.32 Å². The minimum Gasteiger partial charge on any atom is -0.481 e. The van der Waals surface area contributed by atoms with Crippen LogP contribution in [-0.2, 0) is 4.79 Å². The Morgan fingerprint density at radius 1 is 1.60 bits per heavy atom. The highest BCUT2D eigenvalue weighted by Gasteiger charge is 2.13. The Labute approximate surface area is 87.9 Å². The number of aliphatic carboxylic acids is 1. The molecule has 1 atom stereocenters. The molecule has 0 radical (unpaired) electrons. The minimum atomic E-state index is -0.878. The molecule has 0 heterocycles. The van der Waals surface area contributed by atoms with Gasteiger partial charge in [-0.05, 0) is 31.2 Å². The fourth-order valence-electron chi connectivity index (χ4n) is 1.45. The van der Waals surface area contributed by atoms with Crippen LogP contribution in [0, 0.1) is 12.7 Å². The average molecular weight is 211 g/mol. The van der Waals surface area contributed by atoms with Crippen LogP contribution < -0.4 is 5.32 Å². The van der Waals surface area contributed by atoms with E-state index in [1.54, 1.807) is 26.1 Å². The van der Waals surface area contributed by atoms with Gasteiger partial charge in [-0.25, -0.2) is 4.39 Å². The van der Waals surface area contributed by atoms with Gasteiger partial charge in [0.2, 0.25) is 0 Å². The molecule has 15 heavy (non-hydrogen) atoms. The second kappa shape index (κ2) is 4.89. The lowest BCUT2D eigenvalue weighted by Gasteiger charge is -2.14. The van der Waals surface area contributed by atoms with E-state index < -0.39 is 5.97 Å². The van der Waals surface area contributed by atoms with Crippen LogP contribution in [0.3, 0.4) is 0 Å². The summed E-state index contributed by atoms with van der Waals surface area (Å²) in [7, 11) is 1.69. The topological polar surface area (TPSA) is 49.3 Å². The van der Waals surface area contributed by atoms with E-state index >= 15 is 0 Å². The van der Waals surface area contributed by atoms with Crippen molar-refractivity contribution in [2.75, 3.05) is 7.05 Å². The Bertz CT molecular complexity index is 366. The van der Waals surface area contributed by atoms with Gasteiger partial charge in [0.25, 0.3) is 0 Å². The fraction of sp³-hybridized carbons (Fsp3) is 0.364. The van der Waals surface area contributed by atoms with Gasteiger partial charge in [-0.1, -0.05) is 12.1 Å². The molecule has 0 saturated carbocycles. The fourth-order valence-corrected chi connectivity index (χ4v) is 1.45. The highest BCUT2D eigenvalue weighted by atomic mass is 19.1. The predicted molar refractivity (Wildman–Crippen MR) is 55.2 cm³/mol. The number of benzene rings is 1. The lowest BCUT2D eigenvalue weighted by Crippen LogP contribution is -2.19. The van der Waals surface area contributed by atoms with E-state index in [9.17, 15) is 9.18 Å². The zero-order valence-electron chi connectivity index (χ0n) is 8.75. The van der Waals surface area contributed by atoms with Crippen molar-refractivity contribution in [2.45, 2.75) is 19.4 Å². The van der Waals surface area contributed by atoms with Gasteiger partial charge in [0.05, 0.1) is 6.42 Å². The van der Waals surface area contributed by atoms with Crippen molar-refractivity contribution in [3.05, 3.63) is 35.1 Å². The van der Waals surface area contributed by atoms with Gasteiger partial charge >= 0.3 is 5.97 Å². The molecular weight excluding hydrogens is 197 g/mol. The smallest absolute Gasteiger partial charge is 0.305 e. The summed E-state index contributed by atoms with van der Waals surface area (Å²) in [4.78, 5) is 10.6. The number of hydrogen-bond acceptors (Lipinski definition) is 2. The Hall–Kier alpha value is -1.42. The largest absolute Gasteiger partial charge is 0.481 e. The maximum atomic E-state index is 13.0. The predicted octanol–water partition coefficient (Wildman–Crippen LogP) is 1.87. The molecular formula is C11H14FNO2. The van der Waals surface area contributed by atoms with E-state index in [0.29, 0.717) is 5.56 Å². The Morgan fingerprint density at radius 2 is 2.27 bits per heavy atom. The normalized spacial score (nSPS) is 12.5. The van der Waals surface area contributed by atoms with Gasteiger partial charge in [-0.3, -0.25) is 4.79 Å². The van der Waals surface area contributed by atoms with Crippen LogP contribution in [0.5, 0.6) is 0 Å². The molecule has 0 saturated heterocycles. The molecule has 0 fully saturated rings. The number of hydrogen-bond donors (Lipinski definition) is 2. The first-order valence-electron chi connectivity index (χ1n) is 4.69. The highest BCUT2D eigenvalue weighted by molar-refractivity contribution is 5.67. The van der Waals surface area contributed by atoms with Crippen molar-refractivity contribution in [2.24, 2.45) is 0 Å². The first-order chi connectivity index (χ1) is 7.04. The molecule has 1 rings (SSSR count). The van der Waals surface area contributed by atoms with Gasteiger partial charge < -0.3 is 10.4 Å². The summed E-state index contributed by atoms with van der Waals surface area (Å²) in [5.41, 5.74) is 1.32. The van der Waals surface area contributed by atoms with Gasteiger partial charge in [0, 0.05) is 6.04 Å². The maximum absolute atomic E-state index is 13.0. The van der Waals surface area contributed by atoms with Crippen LogP contribution in [0.25, 0.3) is 0 Å². The van der Waals surface area contributed by atoms with Crippen LogP contribution in [0.1, 0.15) is 23.6 Å². The third-order valence-corrected chi connectivity index (χ3v) is 2.31. The summed E-state index contributed by atoms with van der Waals surface area (Å²) >= 11 is 0. The van der Waals surface area contributed by atoms with Crippen LogP contribution in [0.15, 0.2) is 18.2 Å². The van der Waals surface area contributed by atoms with E-state index in [1.807, 2.05) is 0 Å². The summed E-state index contributed by atoms with van der Waals surface area (Å²) in [6.45, 7) is 1.66. The van der Waals surface area contributed by atoms with Gasteiger partial charge in [0.15, 0.2) is 0 Å². The Kier molecular flexibility index (Phi) is 3.80. The lowest BCUT2D eigenvalue weighted by atomic mass is 10.0. The standard InChI is InChI=1S/C11H14FNO2/c1-7-5-8(3-4-9(7)12)10(13-2)6-11(14)15/h3-5,10,13H,6H2,1-2H3,(H,14,15). The zero-order valence-corrected chi connectivity index (χ0v) is 8.75. The highest BCUT2D eigenvalue weighted by Crippen LogP contribution is 2.19. The molecule has 0 aliphatic carbocycles. The molecule has 4 heteroatoms. The first kappa shape index (κ1) is 11.7. The molecule has 0 aliphatic rings. The number of halogens is 1. The van der Waals surface area contributed by atoms with Crippen molar-refractivity contribution in [1.29, 1.82) is 0 Å².